The number of hydrogen-bond acceptors (Lipinski definition) is 3. The van der Waals surface area contributed by atoms with Crippen LogP contribution in [0.25, 0.3) is 0 Å². The van der Waals surface area contributed by atoms with Crippen molar-refractivity contribution in [3.8, 4) is 0 Å². The predicted octanol–water partition coefficient (Wildman–Crippen LogP) is 2.15. The molecule has 1 aromatic heterocycles. The Bertz CT molecular complexity index is 378. The minimum Gasteiger partial charge on any atom is -0.339 e. The van der Waals surface area contributed by atoms with Gasteiger partial charge in [0, 0.05) is 19.3 Å². The van der Waals surface area contributed by atoms with Crippen LogP contribution in [-0.4, -0.2) is 54.4 Å². The molecule has 1 amide bonds. The van der Waals surface area contributed by atoms with Gasteiger partial charge in [0.1, 0.15) is 5.15 Å². The van der Waals surface area contributed by atoms with Crippen molar-refractivity contribution in [1.29, 1.82) is 0 Å². The van der Waals surface area contributed by atoms with Crippen LogP contribution in [0.4, 0.5) is 0 Å². The average molecular weight is 270 g/mol. The second-order valence-electron chi connectivity index (χ2n) is 4.41. The van der Waals surface area contributed by atoms with Gasteiger partial charge in [-0.15, -0.1) is 0 Å². The van der Waals surface area contributed by atoms with E-state index < -0.39 is 0 Å². The fourth-order valence-electron chi connectivity index (χ4n) is 1.67. The fraction of sp³-hybridized carbons (Fsp3) is 0.538. The molecular weight excluding hydrogens is 250 g/mol. The highest BCUT2D eigenvalue weighted by atomic mass is 35.5. The summed E-state index contributed by atoms with van der Waals surface area (Å²) in [6.45, 7) is 4.42. The van der Waals surface area contributed by atoms with E-state index in [2.05, 4.69) is 9.88 Å². The minimum absolute atomic E-state index is 0.0143. The van der Waals surface area contributed by atoms with E-state index in [0.29, 0.717) is 17.3 Å². The van der Waals surface area contributed by atoms with Gasteiger partial charge in [-0.3, -0.25) is 4.79 Å². The molecule has 0 saturated heterocycles. The molecule has 0 spiro atoms. The Morgan fingerprint density at radius 1 is 1.33 bits per heavy atom. The monoisotopic (exact) mass is 269 g/mol. The molecule has 0 saturated carbocycles. The Labute approximate surface area is 114 Å². The van der Waals surface area contributed by atoms with Crippen LogP contribution >= 0.6 is 11.6 Å². The molecule has 0 N–H and O–H groups in total. The highest BCUT2D eigenvalue weighted by Crippen LogP contribution is 2.08. The Morgan fingerprint density at radius 2 is 2.06 bits per heavy atom. The number of nitrogens with zero attached hydrogens (tertiary/aromatic N) is 3. The summed E-state index contributed by atoms with van der Waals surface area (Å²) in [6.07, 6.45) is 2.49. The van der Waals surface area contributed by atoms with Gasteiger partial charge in [0.05, 0.1) is 5.56 Å². The van der Waals surface area contributed by atoms with Gasteiger partial charge in [-0.1, -0.05) is 11.6 Å². The standard InChI is InChI=1S/C13H20ClN3O/c1-4-17(9-5-8-16(2)3)13(18)11-6-7-12(14)15-10-11/h6-7,10H,4-5,8-9H2,1-3H3. The van der Waals surface area contributed by atoms with Crippen molar-refractivity contribution < 1.29 is 4.79 Å². The van der Waals surface area contributed by atoms with E-state index in [1.54, 1.807) is 12.1 Å². The van der Waals surface area contributed by atoms with Gasteiger partial charge in [-0.2, -0.15) is 0 Å². The molecular formula is C13H20ClN3O. The maximum Gasteiger partial charge on any atom is 0.255 e. The van der Waals surface area contributed by atoms with Crippen LogP contribution in [0, 0.1) is 0 Å². The van der Waals surface area contributed by atoms with Gasteiger partial charge in [0.25, 0.3) is 5.91 Å². The lowest BCUT2D eigenvalue weighted by Gasteiger charge is -2.21. The molecule has 0 bridgehead atoms. The van der Waals surface area contributed by atoms with Gasteiger partial charge >= 0.3 is 0 Å². The molecule has 1 aromatic rings. The number of carbonyl (C=O) groups is 1. The molecule has 0 aliphatic carbocycles. The zero-order chi connectivity index (χ0) is 13.5. The number of aromatic nitrogens is 1. The third kappa shape index (κ3) is 4.63. The van der Waals surface area contributed by atoms with Crippen molar-refractivity contribution >= 4 is 17.5 Å². The number of carbonyl (C=O) groups excluding carboxylic acids is 1. The topological polar surface area (TPSA) is 36.4 Å². The molecule has 1 rings (SSSR count). The van der Waals surface area contributed by atoms with Crippen LogP contribution in [0.15, 0.2) is 18.3 Å². The van der Waals surface area contributed by atoms with Crippen molar-refractivity contribution in [2.24, 2.45) is 0 Å². The van der Waals surface area contributed by atoms with Crippen LogP contribution in [0.1, 0.15) is 23.7 Å². The molecule has 0 aliphatic heterocycles. The zero-order valence-corrected chi connectivity index (χ0v) is 11.9. The van der Waals surface area contributed by atoms with E-state index in [0.717, 1.165) is 19.5 Å². The Balaban J connectivity index is 2.59. The summed E-state index contributed by atoms with van der Waals surface area (Å²) in [5.41, 5.74) is 0.589. The van der Waals surface area contributed by atoms with E-state index in [1.165, 1.54) is 6.20 Å². The molecule has 100 valence electrons. The second kappa shape index (κ2) is 7.34. The maximum absolute atomic E-state index is 12.2. The number of rotatable bonds is 6. The minimum atomic E-state index is 0.0143. The molecule has 18 heavy (non-hydrogen) atoms. The predicted molar refractivity (Wildman–Crippen MR) is 74.0 cm³/mol. The Morgan fingerprint density at radius 3 is 2.56 bits per heavy atom. The van der Waals surface area contributed by atoms with E-state index in [-0.39, 0.29) is 5.91 Å². The van der Waals surface area contributed by atoms with Crippen LogP contribution in [0.5, 0.6) is 0 Å². The molecule has 1 heterocycles. The molecule has 0 aromatic carbocycles. The largest absolute Gasteiger partial charge is 0.339 e. The van der Waals surface area contributed by atoms with Gasteiger partial charge < -0.3 is 9.80 Å². The first kappa shape index (κ1) is 14.9. The maximum atomic E-state index is 12.2. The lowest BCUT2D eigenvalue weighted by molar-refractivity contribution is 0.0759. The summed E-state index contributed by atoms with van der Waals surface area (Å²) in [5.74, 6) is 0.0143. The average Bonchev–Trinajstić information content (AvgIpc) is 2.34. The second-order valence-corrected chi connectivity index (χ2v) is 4.80. The first-order valence-electron chi connectivity index (χ1n) is 6.10. The zero-order valence-electron chi connectivity index (χ0n) is 11.2. The first-order chi connectivity index (χ1) is 8.54. The summed E-state index contributed by atoms with van der Waals surface area (Å²) >= 11 is 5.71. The molecule has 0 aliphatic rings. The molecule has 0 radical (unpaired) electrons. The molecule has 5 heteroatoms. The smallest absolute Gasteiger partial charge is 0.255 e. The molecule has 0 fully saturated rings. The van der Waals surface area contributed by atoms with Crippen molar-refractivity contribution in [3.63, 3.8) is 0 Å². The Kier molecular flexibility index (Phi) is 6.09. The number of amides is 1. The van der Waals surface area contributed by atoms with Gasteiger partial charge in [-0.05, 0) is 46.1 Å². The van der Waals surface area contributed by atoms with E-state index in [4.69, 9.17) is 11.6 Å². The summed E-state index contributed by atoms with van der Waals surface area (Å²) in [4.78, 5) is 20.1. The lowest BCUT2D eigenvalue weighted by atomic mass is 10.2. The van der Waals surface area contributed by atoms with E-state index in [1.807, 2.05) is 25.9 Å². The van der Waals surface area contributed by atoms with Crippen molar-refractivity contribution in [1.82, 2.24) is 14.8 Å². The van der Waals surface area contributed by atoms with Crippen molar-refractivity contribution in [3.05, 3.63) is 29.0 Å². The third-order valence-electron chi connectivity index (χ3n) is 2.68. The lowest BCUT2D eigenvalue weighted by Crippen LogP contribution is -2.33. The normalized spacial score (nSPS) is 10.7. The molecule has 0 atom stereocenters. The van der Waals surface area contributed by atoms with E-state index in [9.17, 15) is 4.79 Å². The van der Waals surface area contributed by atoms with Gasteiger partial charge in [-0.25, -0.2) is 4.98 Å². The van der Waals surface area contributed by atoms with Crippen LogP contribution < -0.4 is 0 Å². The van der Waals surface area contributed by atoms with Crippen LogP contribution in [0.3, 0.4) is 0 Å². The van der Waals surface area contributed by atoms with Crippen molar-refractivity contribution in [2.45, 2.75) is 13.3 Å². The fourth-order valence-corrected chi connectivity index (χ4v) is 1.78. The third-order valence-corrected chi connectivity index (χ3v) is 2.90. The summed E-state index contributed by atoms with van der Waals surface area (Å²) in [6, 6.07) is 3.36. The van der Waals surface area contributed by atoms with E-state index >= 15 is 0 Å². The molecule has 4 nitrogen and oxygen atoms in total. The summed E-state index contributed by atoms with van der Waals surface area (Å²) in [7, 11) is 4.06. The Hall–Kier alpha value is -1.13. The summed E-state index contributed by atoms with van der Waals surface area (Å²) in [5, 5.41) is 0.405. The summed E-state index contributed by atoms with van der Waals surface area (Å²) < 4.78 is 0. The van der Waals surface area contributed by atoms with Crippen LogP contribution in [0.2, 0.25) is 5.15 Å². The number of pyridine rings is 1. The highest BCUT2D eigenvalue weighted by Gasteiger charge is 2.13. The quantitative estimate of drug-likeness (QED) is 0.743. The number of hydrogen-bond donors (Lipinski definition) is 0. The number of halogens is 1. The highest BCUT2D eigenvalue weighted by molar-refractivity contribution is 6.29. The van der Waals surface area contributed by atoms with Gasteiger partial charge in [0.2, 0.25) is 0 Å². The van der Waals surface area contributed by atoms with Gasteiger partial charge in [0.15, 0.2) is 0 Å². The molecule has 0 unspecified atom stereocenters. The first-order valence-corrected chi connectivity index (χ1v) is 6.48. The van der Waals surface area contributed by atoms with Crippen LogP contribution in [-0.2, 0) is 0 Å². The SMILES string of the molecule is CCN(CCCN(C)C)C(=O)c1ccc(Cl)nc1. The van der Waals surface area contributed by atoms with Crippen molar-refractivity contribution in [2.75, 3.05) is 33.7 Å².